The Morgan fingerprint density at radius 1 is 1.14 bits per heavy atom. The first kappa shape index (κ1) is 15.7. The lowest BCUT2D eigenvalue weighted by atomic mass is 9.98. The summed E-state index contributed by atoms with van der Waals surface area (Å²) in [7, 11) is 0. The fourth-order valence-corrected chi connectivity index (χ4v) is 2.23. The van der Waals surface area contributed by atoms with Crippen LogP contribution < -0.4 is 4.74 Å². The highest BCUT2D eigenvalue weighted by molar-refractivity contribution is 6.42. The van der Waals surface area contributed by atoms with Gasteiger partial charge in [-0.3, -0.25) is 4.79 Å². The molecule has 21 heavy (non-hydrogen) atoms. The highest BCUT2D eigenvalue weighted by Gasteiger charge is 2.11. The molecule has 0 heterocycles. The van der Waals surface area contributed by atoms with E-state index in [1.165, 1.54) is 0 Å². The van der Waals surface area contributed by atoms with Crippen molar-refractivity contribution in [2.24, 2.45) is 0 Å². The molecule has 5 heteroatoms. The maximum atomic E-state index is 10.8. The van der Waals surface area contributed by atoms with Crippen molar-refractivity contribution in [2.75, 3.05) is 0 Å². The maximum absolute atomic E-state index is 10.8. The van der Waals surface area contributed by atoms with E-state index in [1.807, 2.05) is 25.1 Å². The van der Waals surface area contributed by atoms with E-state index in [0.29, 0.717) is 21.5 Å². The van der Waals surface area contributed by atoms with Gasteiger partial charge in [-0.15, -0.1) is 0 Å². The number of hydrogen-bond acceptors (Lipinski definition) is 2. The fourth-order valence-electron chi connectivity index (χ4n) is 1.94. The molecule has 0 aliphatic carbocycles. The first-order valence-electron chi connectivity index (χ1n) is 6.40. The highest BCUT2D eigenvalue weighted by Crippen LogP contribution is 2.31. The first-order chi connectivity index (χ1) is 9.95. The van der Waals surface area contributed by atoms with Crippen LogP contribution in [0.15, 0.2) is 42.5 Å². The second-order valence-electron chi connectivity index (χ2n) is 4.75. The second-order valence-corrected chi connectivity index (χ2v) is 5.56. The van der Waals surface area contributed by atoms with Crippen LogP contribution in [0.1, 0.15) is 24.8 Å². The molecule has 0 aliphatic rings. The molecule has 0 amide bonds. The minimum absolute atomic E-state index is 0.0796. The predicted molar refractivity (Wildman–Crippen MR) is 83.6 cm³/mol. The molecule has 2 aromatic carbocycles. The highest BCUT2D eigenvalue weighted by atomic mass is 35.5. The fraction of sp³-hybridized carbons (Fsp3) is 0.188. The third kappa shape index (κ3) is 4.38. The van der Waals surface area contributed by atoms with Crippen LogP contribution in [0.3, 0.4) is 0 Å². The van der Waals surface area contributed by atoms with Crippen LogP contribution in [0, 0.1) is 0 Å². The van der Waals surface area contributed by atoms with Crippen molar-refractivity contribution >= 4 is 29.2 Å². The predicted octanol–water partition coefficient (Wildman–Crippen LogP) is 5.36. The normalized spacial score (nSPS) is 12.0. The second kappa shape index (κ2) is 6.83. The minimum Gasteiger partial charge on any atom is -0.481 e. The molecule has 1 atom stereocenters. The van der Waals surface area contributed by atoms with Crippen LogP contribution in [0.25, 0.3) is 0 Å². The van der Waals surface area contributed by atoms with E-state index in [0.717, 1.165) is 5.56 Å². The Morgan fingerprint density at radius 2 is 1.86 bits per heavy atom. The van der Waals surface area contributed by atoms with E-state index in [2.05, 4.69) is 0 Å². The largest absolute Gasteiger partial charge is 0.481 e. The molecular weight excluding hydrogens is 311 g/mol. The van der Waals surface area contributed by atoms with Gasteiger partial charge in [-0.05, 0) is 35.7 Å². The molecule has 0 aliphatic heterocycles. The van der Waals surface area contributed by atoms with E-state index in [1.54, 1.807) is 24.3 Å². The average Bonchev–Trinajstić information content (AvgIpc) is 2.42. The summed E-state index contributed by atoms with van der Waals surface area (Å²) in [5.41, 5.74) is 0.912. The van der Waals surface area contributed by atoms with E-state index < -0.39 is 5.97 Å². The van der Waals surface area contributed by atoms with E-state index >= 15 is 0 Å². The molecule has 1 N–H and O–H groups in total. The van der Waals surface area contributed by atoms with Crippen molar-refractivity contribution in [2.45, 2.75) is 19.3 Å². The van der Waals surface area contributed by atoms with Crippen LogP contribution in [-0.2, 0) is 4.79 Å². The van der Waals surface area contributed by atoms with E-state index in [-0.39, 0.29) is 12.3 Å². The average molecular weight is 325 g/mol. The van der Waals surface area contributed by atoms with Gasteiger partial charge in [0.25, 0.3) is 0 Å². The number of rotatable bonds is 5. The van der Waals surface area contributed by atoms with Crippen molar-refractivity contribution in [1.82, 2.24) is 0 Å². The van der Waals surface area contributed by atoms with Gasteiger partial charge in [0.1, 0.15) is 11.5 Å². The summed E-state index contributed by atoms with van der Waals surface area (Å²) in [4.78, 5) is 10.8. The maximum Gasteiger partial charge on any atom is 0.303 e. The molecule has 110 valence electrons. The molecule has 3 nitrogen and oxygen atoms in total. The molecule has 0 spiro atoms. The van der Waals surface area contributed by atoms with Gasteiger partial charge < -0.3 is 9.84 Å². The summed E-state index contributed by atoms with van der Waals surface area (Å²) in [6.45, 7) is 1.87. The van der Waals surface area contributed by atoms with Crippen molar-refractivity contribution in [3.05, 3.63) is 58.1 Å². The van der Waals surface area contributed by atoms with Gasteiger partial charge in [-0.2, -0.15) is 0 Å². The van der Waals surface area contributed by atoms with Crippen LogP contribution in [0.4, 0.5) is 0 Å². The molecule has 1 unspecified atom stereocenters. The third-order valence-electron chi connectivity index (χ3n) is 3.03. The smallest absolute Gasteiger partial charge is 0.303 e. The molecule has 0 saturated heterocycles. The molecule has 0 aromatic heterocycles. The van der Waals surface area contributed by atoms with E-state index in [4.69, 9.17) is 33.0 Å². The Bertz CT molecular complexity index is 656. The minimum atomic E-state index is -0.821. The summed E-state index contributed by atoms with van der Waals surface area (Å²) in [5, 5.41) is 9.73. The molecule has 2 rings (SSSR count). The number of ether oxygens (including phenoxy) is 1. The van der Waals surface area contributed by atoms with Crippen molar-refractivity contribution in [3.8, 4) is 11.5 Å². The van der Waals surface area contributed by atoms with Gasteiger partial charge in [-0.1, -0.05) is 42.3 Å². The summed E-state index contributed by atoms with van der Waals surface area (Å²) in [5.74, 6) is 0.300. The number of hydrogen-bond donors (Lipinski definition) is 1. The van der Waals surface area contributed by atoms with Crippen molar-refractivity contribution in [3.63, 3.8) is 0 Å². The number of carboxylic acids is 1. The van der Waals surface area contributed by atoms with Gasteiger partial charge in [-0.25, -0.2) is 0 Å². The standard InChI is InChI=1S/C16H14Cl2O3/c1-10(7-16(19)20)11-3-2-4-12(8-11)21-13-5-6-14(17)15(18)9-13/h2-6,8-10H,7H2,1H3,(H,19,20). The van der Waals surface area contributed by atoms with E-state index in [9.17, 15) is 4.79 Å². The lowest BCUT2D eigenvalue weighted by Gasteiger charge is -2.12. The zero-order chi connectivity index (χ0) is 15.4. The summed E-state index contributed by atoms with van der Waals surface area (Å²) in [6.07, 6.45) is 0.0796. The number of carboxylic acid groups (broad SMARTS) is 1. The Labute approximate surface area is 133 Å². The van der Waals surface area contributed by atoms with Gasteiger partial charge in [0.2, 0.25) is 0 Å². The molecular formula is C16H14Cl2O3. The van der Waals surface area contributed by atoms with Gasteiger partial charge in [0.15, 0.2) is 0 Å². The molecule has 2 aromatic rings. The number of carbonyl (C=O) groups is 1. The Kier molecular flexibility index (Phi) is 5.10. The Morgan fingerprint density at radius 3 is 2.52 bits per heavy atom. The monoisotopic (exact) mass is 324 g/mol. The number of halogens is 2. The lowest BCUT2D eigenvalue weighted by Crippen LogP contribution is -2.02. The quantitative estimate of drug-likeness (QED) is 0.804. The van der Waals surface area contributed by atoms with Crippen LogP contribution >= 0.6 is 23.2 Å². The summed E-state index contributed by atoms with van der Waals surface area (Å²) < 4.78 is 5.72. The number of benzene rings is 2. The molecule has 0 bridgehead atoms. The Balaban J connectivity index is 2.17. The summed E-state index contributed by atoms with van der Waals surface area (Å²) in [6, 6.07) is 12.4. The Hall–Kier alpha value is -1.71. The molecule has 0 fully saturated rings. The first-order valence-corrected chi connectivity index (χ1v) is 7.16. The van der Waals surface area contributed by atoms with Crippen molar-refractivity contribution < 1.29 is 14.6 Å². The SMILES string of the molecule is CC(CC(=O)O)c1cccc(Oc2ccc(Cl)c(Cl)c2)c1. The van der Waals surface area contributed by atoms with Crippen LogP contribution in [-0.4, -0.2) is 11.1 Å². The van der Waals surface area contributed by atoms with Gasteiger partial charge >= 0.3 is 5.97 Å². The zero-order valence-corrected chi connectivity index (χ0v) is 12.9. The van der Waals surface area contributed by atoms with Crippen LogP contribution in [0.2, 0.25) is 10.0 Å². The van der Waals surface area contributed by atoms with Crippen LogP contribution in [0.5, 0.6) is 11.5 Å². The molecule has 0 saturated carbocycles. The van der Waals surface area contributed by atoms with Gasteiger partial charge in [0.05, 0.1) is 16.5 Å². The zero-order valence-electron chi connectivity index (χ0n) is 11.3. The third-order valence-corrected chi connectivity index (χ3v) is 3.77. The lowest BCUT2D eigenvalue weighted by molar-refractivity contribution is -0.137. The number of aliphatic carboxylic acids is 1. The topological polar surface area (TPSA) is 46.5 Å². The summed E-state index contributed by atoms with van der Waals surface area (Å²) >= 11 is 11.8. The van der Waals surface area contributed by atoms with Gasteiger partial charge in [0, 0.05) is 6.07 Å². The van der Waals surface area contributed by atoms with Crippen molar-refractivity contribution in [1.29, 1.82) is 0 Å². The molecule has 0 radical (unpaired) electrons.